The van der Waals surface area contributed by atoms with Crippen molar-refractivity contribution in [2.24, 2.45) is 0 Å². The SMILES string of the molecule is O=C(Nc1cccc2c1OCCC2O)c1cc(N2CCCC2=O)ccc1Cl. The van der Waals surface area contributed by atoms with Gasteiger partial charge in [-0.1, -0.05) is 23.7 Å². The van der Waals surface area contributed by atoms with E-state index >= 15 is 0 Å². The minimum absolute atomic E-state index is 0.0446. The van der Waals surface area contributed by atoms with Gasteiger partial charge in [0.2, 0.25) is 5.91 Å². The molecule has 2 aliphatic heterocycles. The zero-order valence-electron chi connectivity index (χ0n) is 14.6. The number of ether oxygens (including phenoxy) is 1. The van der Waals surface area contributed by atoms with Gasteiger partial charge in [0.1, 0.15) is 5.75 Å². The number of fused-ring (bicyclic) bond motifs is 1. The average Bonchev–Trinajstić information content (AvgIpc) is 3.09. The molecule has 4 rings (SSSR count). The molecule has 0 saturated carbocycles. The van der Waals surface area contributed by atoms with Crippen LogP contribution in [0.4, 0.5) is 11.4 Å². The second-order valence-corrected chi connectivity index (χ2v) is 7.05. The van der Waals surface area contributed by atoms with Crippen LogP contribution in [0, 0.1) is 0 Å². The molecule has 2 aromatic carbocycles. The molecular weight excluding hydrogens is 368 g/mol. The largest absolute Gasteiger partial charge is 0.491 e. The molecule has 1 fully saturated rings. The van der Waals surface area contributed by atoms with Crippen LogP contribution in [0.2, 0.25) is 5.02 Å². The number of nitrogens with zero attached hydrogens (tertiary/aromatic N) is 1. The smallest absolute Gasteiger partial charge is 0.257 e. The fourth-order valence-electron chi connectivity index (χ4n) is 3.47. The van der Waals surface area contributed by atoms with Crippen LogP contribution in [0.15, 0.2) is 36.4 Å². The van der Waals surface area contributed by atoms with Gasteiger partial charge in [-0.15, -0.1) is 0 Å². The topological polar surface area (TPSA) is 78.9 Å². The molecule has 2 aliphatic rings. The van der Waals surface area contributed by atoms with Crippen LogP contribution in [0.3, 0.4) is 0 Å². The lowest BCUT2D eigenvalue weighted by Crippen LogP contribution is -2.24. The molecule has 27 heavy (non-hydrogen) atoms. The number of para-hydroxylation sites is 1. The molecule has 1 saturated heterocycles. The van der Waals surface area contributed by atoms with Crippen molar-refractivity contribution >= 4 is 34.8 Å². The van der Waals surface area contributed by atoms with Crippen LogP contribution in [0.25, 0.3) is 0 Å². The van der Waals surface area contributed by atoms with Gasteiger partial charge in [-0.3, -0.25) is 9.59 Å². The summed E-state index contributed by atoms with van der Waals surface area (Å²) in [4.78, 5) is 26.5. The third kappa shape index (κ3) is 3.38. The number of hydrogen-bond acceptors (Lipinski definition) is 4. The van der Waals surface area contributed by atoms with Crippen LogP contribution >= 0.6 is 11.6 Å². The minimum atomic E-state index is -0.612. The summed E-state index contributed by atoms with van der Waals surface area (Å²) in [6.07, 6.45) is 1.22. The Bertz CT molecular complexity index is 915. The van der Waals surface area contributed by atoms with Crippen molar-refractivity contribution in [3.05, 3.63) is 52.5 Å². The maximum atomic E-state index is 12.8. The summed E-state index contributed by atoms with van der Waals surface area (Å²) in [5, 5.41) is 13.2. The number of aliphatic hydroxyl groups excluding tert-OH is 1. The second kappa shape index (κ2) is 7.21. The molecule has 0 bridgehead atoms. The molecule has 2 heterocycles. The van der Waals surface area contributed by atoms with E-state index in [1.807, 2.05) is 0 Å². The molecule has 0 radical (unpaired) electrons. The highest BCUT2D eigenvalue weighted by atomic mass is 35.5. The van der Waals surface area contributed by atoms with Gasteiger partial charge < -0.3 is 20.1 Å². The van der Waals surface area contributed by atoms with Crippen LogP contribution in [0.1, 0.15) is 41.3 Å². The van der Waals surface area contributed by atoms with Crippen LogP contribution in [-0.4, -0.2) is 30.1 Å². The minimum Gasteiger partial charge on any atom is -0.491 e. The Morgan fingerprint density at radius 1 is 1.30 bits per heavy atom. The van der Waals surface area contributed by atoms with Gasteiger partial charge in [-0.25, -0.2) is 0 Å². The monoisotopic (exact) mass is 386 g/mol. The van der Waals surface area contributed by atoms with E-state index in [1.54, 1.807) is 41.3 Å². The Hall–Kier alpha value is -2.57. The molecule has 2 aromatic rings. The number of aliphatic hydroxyl groups is 1. The molecular formula is C20H19ClN2O4. The number of halogens is 1. The first-order chi connectivity index (χ1) is 13.0. The molecule has 7 heteroatoms. The van der Waals surface area contributed by atoms with E-state index < -0.39 is 12.0 Å². The Morgan fingerprint density at radius 2 is 2.15 bits per heavy atom. The molecule has 2 N–H and O–H groups in total. The van der Waals surface area contributed by atoms with Crippen molar-refractivity contribution in [1.29, 1.82) is 0 Å². The maximum absolute atomic E-state index is 12.8. The van der Waals surface area contributed by atoms with Crippen molar-refractivity contribution in [2.45, 2.75) is 25.4 Å². The van der Waals surface area contributed by atoms with E-state index in [4.69, 9.17) is 16.3 Å². The van der Waals surface area contributed by atoms with Crippen molar-refractivity contribution in [3.63, 3.8) is 0 Å². The fourth-order valence-corrected chi connectivity index (χ4v) is 3.67. The summed E-state index contributed by atoms with van der Waals surface area (Å²) in [5.41, 5.74) is 2.08. The lowest BCUT2D eigenvalue weighted by atomic mass is 10.0. The van der Waals surface area contributed by atoms with E-state index in [9.17, 15) is 14.7 Å². The third-order valence-corrected chi connectivity index (χ3v) is 5.20. The first-order valence-corrected chi connectivity index (χ1v) is 9.27. The van der Waals surface area contributed by atoms with Gasteiger partial charge in [0, 0.05) is 30.6 Å². The highest BCUT2D eigenvalue weighted by Crippen LogP contribution is 2.38. The van der Waals surface area contributed by atoms with Crippen LogP contribution in [0.5, 0.6) is 5.75 Å². The highest BCUT2D eigenvalue weighted by Gasteiger charge is 2.25. The van der Waals surface area contributed by atoms with Gasteiger partial charge in [0.25, 0.3) is 5.91 Å². The van der Waals surface area contributed by atoms with E-state index in [0.717, 1.165) is 6.42 Å². The molecule has 1 atom stereocenters. The molecule has 0 aromatic heterocycles. The number of carbonyl (C=O) groups is 2. The molecule has 0 spiro atoms. The number of benzene rings is 2. The van der Waals surface area contributed by atoms with Crippen molar-refractivity contribution < 1.29 is 19.4 Å². The van der Waals surface area contributed by atoms with Gasteiger partial charge in [-0.2, -0.15) is 0 Å². The Labute approximate surface area is 161 Å². The molecule has 140 valence electrons. The first-order valence-electron chi connectivity index (χ1n) is 8.89. The summed E-state index contributed by atoms with van der Waals surface area (Å²) in [6, 6.07) is 10.3. The van der Waals surface area contributed by atoms with Gasteiger partial charge in [0.15, 0.2) is 0 Å². The summed E-state index contributed by atoms with van der Waals surface area (Å²) < 4.78 is 5.65. The maximum Gasteiger partial charge on any atom is 0.257 e. The summed E-state index contributed by atoms with van der Waals surface area (Å²) >= 11 is 6.23. The number of rotatable bonds is 3. The van der Waals surface area contributed by atoms with Gasteiger partial charge in [-0.05, 0) is 30.7 Å². The van der Waals surface area contributed by atoms with Crippen molar-refractivity contribution in [3.8, 4) is 5.75 Å². The number of anilines is 2. The Kier molecular flexibility index (Phi) is 4.76. The van der Waals surface area contributed by atoms with E-state index in [1.165, 1.54) is 0 Å². The van der Waals surface area contributed by atoms with Crippen molar-refractivity contribution in [2.75, 3.05) is 23.4 Å². The zero-order chi connectivity index (χ0) is 19.0. The highest BCUT2D eigenvalue weighted by molar-refractivity contribution is 6.34. The van der Waals surface area contributed by atoms with Gasteiger partial charge >= 0.3 is 0 Å². The standard InChI is InChI=1S/C20H19ClN2O4/c21-15-7-6-12(23-9-2-5-18(23)25)11-14(15)20(26)22-16-4-1-3-13-17(24)8-10-27-19(13)16/h1,3-4,6-7,11,17,24H,2,5,8-10H2,(H,22,26). The fraction of sp³-hybridized carbons (Fsp3) is 0.300. The first kappa shape index (κ1) is 17.8. The van der Waals surface area contributed by atoms with E-state index in [0.29, 0.717) is 53.7 Å². The number of amides is 2. The number of nitrogens with one attached hydrogen (secondary N) is 1. The summed E-state index contributed by atoms with van der Waals surface area (Å²) in [7, 11) is 0. The zero-order valence-corrected chi connectivity index (χ0v) is 15.3. The number of hydrogen-bond donors (Lipinski definition) is 2. The number of carbonyl (C=O) groups excluding carboxylic acids is 2. The quantitative estimate of drug-likeness (QED) is 0.845. The second-order valence-electron chi connectivity index (χ2n) is 6.64. The summed E-state index contributed by atoms with van der Waals surface area (Å²) in [6.45, 7) is 1.02. The van der Waals surface area contributed by atoms with Gasteiger partial charge in [0.05, 0.1) is 29.0 Å². The van der Waals surface area contributed by atoms with Crippen molar-refractivity contribution in [1.82, 2.24) is 0 Å². The lowest BCUT2D eigenvalue weighted by molar-refractivity contribution is -0.117. The normalized spacial score (nSPS) is 18.8. The average molecular weight is 387 g/mol. The van der Waals surface area contributed by atoms with Crippen LogP contribution < -0.4 is 15.0 Å². The summed E-state index contributed by atoms with van der Waals surface area (Å²) in [5.74, 6) is 0.125. The lowest BCUT2D eigenvalue weighted by Gasteiger charge is -2.24. The molecule has 0 aliphatic carbocycles. The molecule has 6 nitrogen and oxygen atoms in total. The Morgan fingerprint density at radius 3 is 2.93 bits per heavy atom. The van der Waals surface area contributed by atoms with E-state index in [2.05, 4.69) is 5.32 Å². The Balaban J connectivity index is 1.62. The van der Waals surface area contributed by atoms with E-state index in [-0.39, 0.29) is 11.5 Å². The third-order valence-electron chi connectivity index (χ3n) is 4.87. The predicted octanol–water partition coefficient (Wildman–Crippen LogP) is 3.54. The molecule has 2 amide bonds. The molecule has 1 unspecified atom stereocenters. The van der Waals surface area contributed by atoms with Crippen LogP contribution in [-0.2, 0) is 4.79 Å². The predicted molar refractivity (Wildman–Crippen MR) is 103 cm³/mol.